The molecular formula is C11H15N3O2. The van der Waals surface area contributed by atoms with Gasteiger partial charge in [0.2, 0.25) is 0 Å². The Morgan fingerprint density at radius 1 is 1.50 bits per heavy atom. The first-order chi connectivity index (χ1) is 7.74. The average Bonchev–Trinajstić information content (AvgIpc) is 2.74. The molecule has 1 aliphatic rings. The van der Waals surface area contributed by atoms with Crippen LogP contribution in [0.3, 0.4) is 0 Å². The van der Waals surface area contributed by atoms with Crippen molar-refractivity contribution in [2.24, 2.45) is 5.73 Å². The Kier molecular flexibility index (Phi) is 3.07. The summed E-state index contributed by atoms with van der Waals surface area (Å²) >= 11 is 0. The first-order valence-corrected chi connectivity index (χ1v) is 5.26. The van der Waals surface area contributed by atoms with Gasteiger partial charge in [0.25, 0.3) is 0 Å². The Bertz CT molecular complexity index is 395. The minimum absolute atomic E-state index is 0.128. The Balaban J connectivity index is 2.36. The molecule has 1 aromatic rings. The second-order valence-corrected chi connectivity index (χ2v) is 3.69. The van der Waals surface area contributed by atoms with Crippen LogP contribution in [0.1, 0.15) is 11.7 Å². The van der Waals surface area contributed by atoms with Gasteiger partial charge in [-0.2, -0.15) is 0 Å². The van der Waals surface area contributed by atoms with Crippen LogP contribution >= 0.6 is 0 Å². The Hall–Kier alpha value is -1.59. The lowest BCUT2D eigenvalue weighted by Gasteiger charge is -2.20. The summed E-state index contributed by atoms with van der Waals surface area (Å²) in [6.07, 6.45) is -0.732. The molecule has 0 spiro atoms. The van der Waals surface area contributed by atoms with Crippen molar-refractivity contribution in [2.45, 2.75) is 6.10 Å². The molecule has 1 saturated heterocycles. The normalized spacial score (nSPS) is 17.4. The van der Waals surface area contributed by atoms with E-state index in [-0.39, 0.29) is 12.6 Å². The summed E-state index contributed by atoms with van der Waals surface area (Å²) < 4.78 is 0. The van der Waals surface area contributed by atoms with Gasteiger partial charge in [-0.15, -0.1) is 0 Å². The number of carbonyl (C=O) groups excluding carboxylic acids is 1. The standard InChI is InChI=1S/C11H15N3O2/c12-7-10(15)8-3-1-2-4-9(8)14-6-5-13-11(14)16/h1-4,10,15H,5-7,12H2,(H,13,16). The summed E-state index contributed by atoms with van der Waals surface area (Å²) in [5.41, 5.74) is 6.87. The molecule has 0 bridgehead atoms. The van der Waals surface area contributed by atoms with Crippen LogP contribution < -0.4 is 16.0 Å². The van der Waals surface area contributed by atoms with Gasteiger partial charge in [-0.3, -0.25) is 4.90 Å². The Morgan fingerprint density at radius 2 is 2.25 bits per heavy atom. The first kappa shape index (κ1) is 10.9. The number of amides is 2. The van der Waals surface area contributed by atoms with Crippen molar-refractivity contribution in [1.29, 1.82) is 0 Å². The molecule has 1 unspecified atom stereocenters. The van der Waals surface area contributed by atoms with Crippen molar-refractivity contribution < 1.29 is 9.90 Å². The summed E-state index contributed by atoms with van der Waals surface area (Å²) in [5, 5.41) is 12.5. The number of rotatable bonds is 3. The number of nitrogens with one attached hydrogen (secondary N) is 1. The molecular weight excluding hydrogens is 206 g/mol. The maximum atomic E-state index is 11.5. The molecule has 1 atom stereocenters. The number of hydrogen-bond acceptors (Lipinski definition) is 3. The average molecular weight is 221 g/mol. The highest BCUT2D eigenvalue weighted by molar-refractivity contribution is 5.94. The molecule has 1 fully saturated rings. The second kappa shape index (κ2) is 4.51. The summed E-state index contributed by atoms with van der Waals surface area (Å²) in [5.74, 6) is 0. The van der Waals surface area contributed by atoms with Gasteiger partial charge in [0.05, 0.1) is 11.8 Å². The van der Waals surface area contributed by atoms with Gasteiger partial charge < -0.3 is 16.2 Å². The van der Waals surface area contributed by atoms with E-state index in [1.807, 2.05) is 18.2 Å². The van der Waals surface area contributed by atoms with Crippen LogP contribution in [0.15, 0.2) is 24.3 Å². The minimum Gasteiger partial charge on any atom is -0.387 e. The van der Waals surface area contributed by atoms with E-state index in [0.717, 1.165) is 5.69 Å². The third-order valence-corrected chi connectivity index (χ3v) is 2.67. The highest BCUT2D eigenvalue weighted by atomic mass is 16.3. The van der Waals surface area contributed by atoms with Gasteiger partial charge in [-0.05, 0) is 6.07 Å². The van der Waals surface area contributed by atoms with Crippen LogP contribution in [0.25, 0.3) is 0 Å². The zero-order valence-electron chi connectivity index (χ0n) is 8.89. The molecule has 1 heterocycles. The molecule has 0 aliphatic carbocycles. The van der Waals surface area contributed by atoms with Crippen LogP contribution in [0, 0.1) is 0 Å². The number of hydrogen-bond donors (Lipinski definition) is 3. The highest BCUT2D eigenvalue weighted by Gasteiger charge is 2.24. The monoisotopic (exact) mass is 221 g/mol. The summed E-state index contributed by atoms with van der Waals surface area (Å²) in [7, 11) is 0. The molecule has 16 heavy (non-hydrogen) atoms. The topological polar surface area (TPSA) is 78.6 Å². The Morgan fingerprint density at radius 3 is 2.88 bits per heavy atom. The van der Waals surface area contributed by atoms with E-state index >= 15 is 0 Å². The molecule has 4 N–H and O–H groups in total. The molecule has 5 heteroatoms. The van der Waals surface area contributed by atoms with Crippen molar-refractivity contribution in [2.75, 3.05) is 24.5 Å². The zero-order valence-corrected chi connectivity index (χ0v) is 8.89. The van der Waals surface area contributed by atoms with E-state index in [1.165, 1.54) is 0 Å². The third-order valence-electron chi connectivity index (χ3n) is 2.67. The molecule has 86 valence electrons. The molecule has 1 aliphatic heterocycles. The fourth-order valence-corrected chi connectivity index (χ4v) is 1.84. The van der Waals surface area contributed by atoms with Gasteiger partial charge >= 0.3 is 6.03 Å². The molecule has 0 aromatic heterocycles. The number of aliphatic hydroxyl groups is 1. The number of aliphatic hydroxyl groups excluding tert-OH is 1. The van der Waals surface area contributed by atoms with Crippen molar-refractivity contribution in [1.82, 2.24) is 5.32 Å². The van der Waals surface area contributed by atoms with E-state index in [4.69, 9.17) is 5.73 Å². The largest absolute Gasteiger partial charge is 0.387 e. The van der Waals surface area contributed by atoms with Gasteiger partial charge in [0, 0.05) is 25.2 Å². The van der Waals surface area contributed by atoms with E-state index in [0.29, 0.717) is 18.7 Å². The van der Waals surface area contributed by atoms with Crippen LogP contribution in [0.4, 0.5) is 10.5 Å². The van der Waals surface area contributed by atoms with Gasteiger partial charge in [-0.25, -0.2) is 4.79 Å². The first-order valence-electron chi connectivity index (χ1n) is 5.26. The van der Waals surface area contributed by atoms with Crippen LogP contribution in [-0.4, -0.2) is 30.8 Å². The molecule has 1 aromatic carbocycles. The minimum atomic E-state index is -0.732. The maximum absolute atomic E-state index is 11.5. The molecule has 2 rings (SSSR count). The number of anilines is 1. The van der Waals surface area contributed by atoms with Crippen molar-refractivity contribution in [3.05, 3.63) is 29.8 Å². The SMILES string of the molecule is NCC(O)c1ccccc1N1CCNC1=O. The fraction of sp³-hybridized carbons (Fsp3) is 0.364. The summed E-state index contributed by atoms with van der Waals surface area (Å²) in [6, 6.07) is 7.15. The van der Waals surface area contributed by atoms with Crippen molar-refractivity contribution >= 4 is 11.7 Å². The van der Waals surface area contributed by atoms with E-state index in [1.54, 1.807) is 11.0 Å². The summed E-state index contributed by atoms with van der Waals surface area (Å²) in [6.45, 7) is 1.39. The second-order valence-electron chi connectivity index (χ2n) is 3.69. The number of nitrogens with two attached hydrogens (primary N) is 1. The molecule has 0 saturated carbocycles. The molecule has 0 radical (unpaired) electrons. The maximum Gasteiger partial charge on any atom is 0.322 e. The number of urea groups is 1. The smallest absolute Gasteiger partial charge is 0.322 e. The summed E-state index contributed by atoms with van der Waals surface area (Å²) in [4.78, 5) is 13.2. The van der Waals surface area contributed by atoms with Crippen molar-refractivity contribution in [3.63, 3.8) is 0 Å². The quantitative estimate of drug-likeness (QED) is 0.682. The number of benzene rings is 1. The van der Waals surface area contributed by atoms with E-state index < -0.39 is 6.10 Å². The highest BCUT2D eigenvalue weighted by Crippen LogP contribution is 2.26. The van der Waals surface area contributed by atoms with Crippen LogP contribution in [-0.2, 0) is 0 Å². The van der Waals surface area contributed by atoms with Gasteiger partial charge in [0.15, 0.2) is 0 Å². The predicted molar refractivity (Wildman–Crippen MR) is 61.2 cm³/mol. The van der Waals surface area contributed by atoms with Crippen LogP contribution in [0.5, 0.6) is 0 Å². The van der Waals surface area contributed by atoms with Crippen molar-refractivity contribution in [3.8, 4) is 0 Å². The fourth-order valence-electron chi connectivity index (χ4n) is 1.84. The Labute approximate surface area is 93.9 Å². The lowest BCUT2D eigenvalue weighted by atomic mass is 10.1. The third kappa shape index (κ3) is 1.87. The van der Waals surface area contributed by atoms with E-state index in [9.17, 15) is 9.90 Å². The number of nitrogens with zero attached hydrogens (tertiary/aromatic N) is 1. The number of para-hydroxylation sites is 1. The molecule has 2 amide bonds. The lowest BCUT2D eigenvalue weighted by molar-refractivity contribution is 0.187. The van der Waals surface area contributed by atoms with E-state index in [2.05, 4.69) is 5.32 Å². The lowest BCUT2D eigenvalue weighted by Crippen LogP contribution is -2.29. The number of carbonyl (C=O) groups is 1. The predicted octanol–water partition coefficient (Wildman–Crippen LogP) is 0.208. The molecule has 5 nitrogen and oxygen atoms in total. The van der Waals surface area contributed by atoms with Gasteiger partial charge in [-0.1, -0.05) is 18.2 Å². The zero-order chi connectivity index (χ0) is 11.5. The van der Waals surface area contributed by atoms with Crippen LogP contribution in [0.2, 0.25) is 0 Å². The van der Waals surface area contributed by atoms with Gasteiger partial charge in [0.1, 0.15) is 0 Å².